The Kier molecular flexibility index (Phi) is 10.5. The molecule has 3 aromatic heterocycles. The monoisotopic (exact) mass is 770 g/mol. The van der Waals surface area contributed by atoms with E-state index < -0.39 is 47.1 Å². The van der Waals surface area contributed by atoms with Crippen molar-refractivity contribution in [1.82, 2.24) is 35.6 Å². The van der Waals surface area contributed by atoms with Crippen LogP contribution in [0.25, 0.3) is 22.8 Å². The number of carbonyl (C=O) groups is 2. The van der Waals surface area contributed by atoms with Crippen LogP contribution in [0.4, 0.5) is 43.7 Å². The number of hydrogen-bond donors (Lipinski definition) is 2. The first-order valence-corrected chi connectivity index (χ1v) is 16.7. The van der Waals surface area contributed by atoms with Crippen molar-refractivity contribution in [2.45, 2.75) is 45.1 Å². The number of benzene rings is 1. The van der Waals surface area contributed by atoms with Gasteiger partial charge in [0.15, 0.2) is 17.5 Å². The number of nitrogens with one attached hydrogen (secondary N) is 2. The first-order chi connectivity index (χ1) is 26.0. The highest BCUT2D eigenvalue weighted by Gasteiger charge is 2.49. The zero-order valence-electron chi connectivity index (χ0n) is 29.5. The highest BCUT2D eigenvalue weighted by molar-refractivity contribution is 6.06. The summed E-state index contributed by atoms with van der Waals surface area (Å²) in [4.78, 5) is 49.1. The summed E-state index contributed by atoms with van der Waals surface area (Å²) >= 11 is 0. The maximum absolute atomic E-state index is 13.9. The van der Waals surface area contributed by atoms with E-state index >= 15 is 0 Å². The molecule has 0 bridgehead atoms. The molecule has 15 nitrogen and oxygen atoms in total. The fourth-order valence-electron chi connectivity index (χ4n) is 6.15. The summed E-state index contributed by atoms with van der Waals surface area (Å²) in [6.45, 7) is 4.41. The van der Waals surface area contributed by atoms with Crippen LogP contribution in [0.2, 0.25) is 0 Å². The van der Waals surface area contributed by atoms with Crippen LogP contribution >= 0.6 is 0 Å². The zero-order chi connectivity index (χ0) is 39.7. The quantitative estimate of drug-likeness (QED) is 0.163. The SMILES string of the molecule is CCN1C(=O)CN(CCOCCN(C(=O)C2(C)CC(C(F)(F)F)=NN2)c2ccc(C#N)c(C(F)(F)F)c2)c2ncc(-c3ccc(-c4ncn[nH]4)nc3C)nc21. The number of H-pyrrole nitrogens is 1. The minimum Gasteiger partial charge on any atom is -0.378 e. The molecule has 0 spiro atoms. The van der Waals surface area contributed by atoms with Gasteiger partial charge in [-0.2, -0.15) is 41.8 Å². The molecule has 0 aliphatic carbocycles. The van der Waals surface area contributed by atoms with E-state index in [1.165, 1.54) is 17.3 Å². The van der Waals surface area contributed by atoms with Crippen molar-refractivity contribution < 1.29 is 40.7 Å². The van der Waals surface area contributed by atoms with Gasteiger partial charge < -0.3 is 14.5 Å². The second-order valence-corrected chi connectivity index (χ2v) is 12.7. The van der Waals surface area contributed by atoms with E-state index in [1.807, 2.05) is 6.07 Å². The summed E-state index contributed by atoms with van der Waals surface area (Å²) in [5, 5.41) is 19.1. The van der Waals surface area contributed by atoms with E-state index in [0.29, 0.717) is 52.7 Å². The largest absolute Gasteiger partial charge is 0.431 e. The zero-order valence-corrected chi connectivity index (χ0v) is 29.5. The molecule has 1 atom stereocenters. The number of nitriles is 1. The molecule has 288 valence electrons. The molecule has 5 heterocycles. The van der Waals surface area contributed by atoms with E-state index in [-0.39, 0.29) is 44.4 Å². The molecule has 2 aliphatic rings. The molecule has 0 saturated carbocycles. The molecule has 0 radical (unpaired) electrons. The third-order valence-corrected chi connectivity index (χ3v) is 8.96. The summed E-state index contributed by atoms with van der Waals surface area (Å²) in [6.07, 6.45) is -7.76. The minimum atomic E-state index is -4.97. The standard InChI is InChI=1S/C34H32F6N12O3/c1-4-51-27(53)17-50(29-30(51)46-25(16-42-29)22-7-8-24(45-19(22)2)28-43-18-44-48-28)9-11-55-12-10-52(21-6-5-20(15-41)23(13-21)33(35,36)37)31(54)32(3)14-26(47-49-32)34(38,39)40/h5-8,13,16,18,49H,4,9-12,14,17H2,1-3H3,(H,43,44,48). The summed E-state index contributed by atoms with van der Waals surface area (Å²) in [7, 11) is 0. The van der Waals surface area contributed by atoms with Crippen LogP contribution in [0, 0.1) is 18.3 Å². The van der Waals surface area contributed by atoms with Gasteiger partial charge in [-0.3, -0.25) is 25.0 Å². The second-order valence-electron chi connectivity index (χ2n) is 12.7. The Morgan fingerprint density at radius 1 is 1.05 bits per heavy atom. The number of aromatic nitrogens is 6. The van der Waals surface area contributed by atoms with Crippen molar-refractivity contribution in [2.75, 3.05) is 54.1 Å². The third-order valence-electron chi connectivity index (χ3n) is 8.96. The summed E-state index contributed by atoms with van der Waals surface area (Å²) in [5.41, 5.74) is -1.00. The van der Waals surface area contributed by atoms with Gasteiger partial charge in [-0.05, 0) is 51.1 Å². The molecule has 0 saturated heterocycles. The van der Waals surface area contributed by atoms with Gasteiger partial charge in [0.1, 0.15) is 23.3 Å². The van der Waals surface area contributed by atoms with Crippen LogP contribution in [-0.4, -0.2) is 98.8 Å². The normalized spacial score (nSPS) is 17.1. The van der Waals surface area contributed by atoms with Crippen molar-refractivity contribution in [3.05, 3.63) is 59.7 Å². The number of ether oxygens (including phenoxy) is 1. The fraction of sp³-hybridized carbons (Fsp3) is 0.382. The van der Waals surface area contributed by atoms with Crippen LogP contribution in [-0.2, 0) is 20.5 Å². The van der Waals surface area contributed by atoms with Gasteiger partial charge in [0.2, 0.25) is 5.91 Å². The Bertz CT molecular complexity index is 2170. The lowest BCUT2D eigenvalue weighted by molar-refractivity contribution is -0.137. The smallest absolute Gasteiger partial charge is 0.378 e. The van der Waals surface area contributed by atoms with E-state index in [0.717, 1.165) is 24.0 Å². The Morgan fingerprint density at radius 3 is 2.47 bits per heavy atom. The predicted molar refractivity (Wildman–Crippen MR) is 185 cm³/mol. The van der Waals surface area contributed by atoms with Gasteiger partial charge in [0, 0.05) is 43.0 Å². The molecule has 2 aliphatic heterocycles. The van der Waals surface area contributed by atoms with Gasteiger partial charge in [-0.1, -0.05) is 0 Å². The van der Waals surface area contributed by atoms with Crippen LogP contribution in [0.3, 0.4) is 0 Å². The lowest BCUT2D eigenvalue weighted by Gasteiger charge is -2.35. The van der Waals surface area contributed by atoms with Gasteiger partial charge in [-0.15, -0.1) is 0 Å². The van der Waals surface area contributed by atoms with Crippen molar-refractivity contribution in [3.8, 4) is 28.8 Å². The number of pyridine rings is 1. The molecular formula is C34H32F6N12O3. The Balaban J connectivity index is 1.18. The molecule has 0 fully saturated rings. The average Bonchev–Trinajstić information content (AvgIpc) is 3.83. The number of nitrogens with zero attached hydrogens (tertiary/aromatic N) is 10. The maximum atomic E-state index is 13.9. The van der Waals surface area contributed by atoms with Crippen LogP contribution in [0.1, 0.15) is 37.1 Å². The molecule has 1 unspecified atom stereocenters. The van der Waals surface area contributed by atoms with Crippen molar-refractivity contribution in [2.24, 2.45) is 5.10 Å². The van der Waals surface area contributed by atoms with Crippen LogP contribution < -0.4 is 20.1 Å². The Labute approximate surface area is 309 Å². The second kappa shape index (κ2) is 14.9. The van der Waals surface area contributed by atoms with Crippen LogP contribution in [0.15, 0.2) is 48.0 Å². The molecule has 1 aromatic carbocycles. The number of alkyl halides is 6. The highest BCUT2D eigenvalue weighted by atomic mass is 19.4. The number of aryl methyl sites for hydroxylation is 1. The molecule has 2 amide bonds. The number of hydrogen-bond acceptors (Lipinski definition) is 12. The number of halogens is 6. The first kappa shape index (κ1) is 38.6. The molecule has 2 N–H and O–H groups in total. The number of aromatic amines is 1. The Morgan fingerprint density at radius 2 is 1.84 bits per heavy atom. The lowest BCUT2D eigenvalue weighted by atomic mass is 9.94. The maximum Gasteiger partial charge on any atom is 0.431 e. The van der Waals surface area contributed by atoms with Gasteiger partial charge in [0.05, 0.1) is 48.8 Å². The summed E-state index contributed by atoms with van der Waals surface area (Å²) in [5.74, 6) is -0.0625. The number of hydrazone groups is 1. The minimum absolute atomic E-state index is 0.0472. The fourth-order valence-corrected chi connectivity index (χ4v) is 6.15. The molecular weight excluding hydrogens is 738 g/mol. The van der Waals surface area contributed by atoms with Crippen molar-refractivity contribution in [3.63, 3.8) is 0 Å². The van der Waals surface area contributed by atoms with Gasteiger partial charge in [-0.25, -0.2) is 19.9 Å². The third kappa shape index (κ3) is 7.89. The predicted octanol–water partition coefficient (Wildman–Crippen LogP) is 4.42. The average molecular weight is 771 g/mol. The number of likely N-dealkylation sites (N-methyl/N-ethyl adjacent to an activating group) is 1. The van der Waals surface area contributed by atoms with Crippen molar-refractivity contribution in [1.29, 1.82) is 5.26 Å². The molecule has 4 aromatic rings. The van der Waals surface area contributed by atoms with E-state index in [2.05, 4.69) is 35.7 Å². The van der Waals surface area contributed by atoms with Crippen molar-refractivity contribution >= 4 is 34.8 Å². The van der Waals surface area contributed by atoms with Crippen LogP contribution in [0.5, 0.6) is 0 Å². The number of amides is 2. The van der Waals surface area contributed by atoms with Gasteiger partial charge in [0.25, 0.3) is 5.91 Å². The lowest BCUT2D eigenvalue weighted by Crippen LogP contribution is -2.54. The van der Waals surface area contributed by atoms with Gasteiger partial charge >= 0.3 is 12.4 Å². The highest BCUT2D eigenvalue weighted by Crippen LogP contribution is 2.37. The topological polar surface area (TPSA) is 182 Å². The molecule has 6 rings (SSSR count). The van der Waals surface area contributed by atoms with E-state index in [9.17, 15) is 41.2 Å². The number of carbonyl (C=O) groups excluding carboxylic acids is 2. The number of anilines is 3. The number of rotatable bonds is 11. The first-order valence-electron chi connectivity index (χ1n) is 16.7. The van der Waals surface area contributed by atoms with E-state index in [1.54, 1.807) is 31.0 Å². The molecule has 55 heavy (non-hydrogen) atoms. The van der Waals surface area contributed by atoms with E-state index in [4.69, 9.17) is 9.72 Å². The number of fused-ring (bicyclic) bond motifs is 1. The summed E-state index contributed by atoms with van der Waals surface area (Å²) < 4.78 is 87.6. The Hall–Kier alpha value is -6.17. The molecule has 21 heteroatoms. The summed E-state index contributed by atoms with van der Waals surface area (Å²) in [6, 6.07) is 7.58.